The fourth-order valence-electron chi connectivity index (χ4n) is 5.26. The van der Waals surface area contributed by atoms with Crippen LogP contribution in [0.15, 0.2) is 88.1 Å². The number of amides is 1. The Bertz CT molecular complexity index is 1630. The summed E-state index contributed by atoms with van der Waals surface area (Å²) in [7, 11) is 0. The normalized spacial score (nSPS) is 17.6. The van der Waals surface area contributed by atoms with E-state index in [2.05, 4.69) is 0 Å². The van der Waals surface area contributed by atoms with Gasteiger partial charge in [-0.15, -0.1) is 11.3 Å². The summed E-state index contributed by atoms with van der Waals surface area (Å²) in [5.41, 5.74) is 3.82. The van der Waals surface area contributed by atoms with E-state index in [0.717, 1.165) is 48.1 Å². The molecule has 0 spiro atoms. The smallest absolute Gasteiger partial charge is 0.267 e. The van der Waals surface area contributed by atoms with E-state index >= 15 is 0 Å². The minimum absolute atomic E-state index is 0.00323. The first kappa shape index (κ1) is 29.5. The standard InChI is InChI=1S/C34H32ClN3O3S2/c1-2-40-30-19-24(15-18-29(30)41-21-23-13-16-26(35)17-14-23)20-31-32(39)38(27-11-7-4-8-12-27)34(43-31)37-33-36-28(22-42-33)25-9-5-3-6-10-25/h3,5-6,9-10,13-20,22,27H,2,4,7-8,11-12,21H2,1H3/b31-20-,37-34+. The van der Waals surface area contributed by atoms with E-state index in [1.54, 1.807) is 0 Å². The Morgan fingerprint density at radius 1 is 1.00 bits per heavy atom. The fraction of sp³-hybridized carbons (Fsp3) is 0.265. The van der Waals surface area contributed by atoms with Gasteiger partial charge in [0.05, 0.1) is 17.2 Å². The number of thioether (sulfide) groups is 1. The molecule has 1 aliphatic heterocycles. The quantitative estimate of drug-likeness (QED) is 0.173. The zero-order valence-corrected chi connectivity index (χ0v) is 26.3. The highest BCUT2D eigenvalue weighted by atomic mass is 35.5. The fourth-order valence-corrected chi connectivity index (χ4v) is 7.18. The highest BCUT2D eigenvalue weighted by molar-refractivity contribution is 8.18. The van der Waals surface area contributed by atoms with E-state index in [1.807, 2.05) is 96.1 Å². The Balaban J connectivity index is 1.26. The predicted octanol–water partition coefficient (Wildman–Crippen LogP) is 9.38. The second kappa shape index (κ2) is 13.8. The summed E-state index contributed by atoms with van der Waals surface area (Å²) in [4.78, 5) is 26.1. The van der Waals surface area contributed by atoms with Crippen molar-refractivity contribution in [3.05, 3.63) is 99.2 Å². The second-order valence-electron chi connectivity index (χ2n) is 10.4. The highest BCUT2D eigenvalue weighted by Crippen LogP contribution is 2.40. The van der Waals surface area contributed by atoms with Crippen LogP contribution in [-0.2, 0) is 11.4 Å². The molecular weight excluding hydrogens is 598 g/mol. The van der Waals surface area contributed by atoms with Gasteiger partial charge in [0.2, 0.25) is 5.13 Å². The van der Waals surface area contributed by atoms with Crippen LogP contribution < -0.4 is 9.47 Å². The Kier molecular flexibility index (Phi) is 9.46. The molecule has 2 fully saturated rings. The van der Waals surface area contributed by atoms with Crippen LogP contribution >= 0.6 is 34.7 Å². The topological polar surface area (TPSA) is 64.0 Å². The van der Waals surface area contributed by atoms with Crippen LogP contribution in [0.3, 0.4) is 0 Å². The first-order chi connectivity index (χ1) is 21.1. The number of hydrogen-bond donors (Lipinski definition) is 0. The van der Waals surface area contributed by atoms with Crippen molar-refractivity contribution < 1.29 is 14.3 Å². The van der Waals surface area contributed by atoms with E-state index in [0.29, 0.717) is 44.9 Å². The van der Waals surface area contributed by atoms with Crippen molar-refractivity contribution in [1.82, 2.24) is 9.88 Å². The number of thiazole rings is 1. The van der Waals surface area contributed by atoms with Crippen molar-refractivity contribution in [2.24, 2.45) is 4.99 Å². The van der Waals surface area contributed by atoms with Gasteiger partial charge in [-0.1, -0.05) is 79.4 Å². The van der Waals surface area contributed by atoms with Crippen molar-refractivity contribution in [3.63, 3.8) is 0 Å². The molecule has 3 aromatic carbocycles. The molecule has 220 valence electrons. The Morgan fingerprint density at radius 3 is 2.56 bits per heavy atom. The molecule has 6 nitrogen and oxygen atoms in total. The van der Waals surface area contributed by atoms with E-state index in [4.69, 9.17) is 31.1 Å². The van der Waals surface area contributed by atoms with Gasteiger partial charge in [-0.05, 0) is 73.0 Å². The molecule has 1 saturated carbocycles. The summed E-state index contributed by atoms with van der Waals surface area (Å²) < 4.78 is 12.0. The third-order valence-electron chi connectivity index (χ3n) is 7.40. The molecule has 9 heteroatoms. The number of hydrogen-bond acceptors (Lipinski definition) is 7. The molecule has 1 aromatic heterocycles. The number of benzene rings is 3. The summed E-state index contributed by atoms with van der Waals surface area (Å²) >= 11 is 8.93. The van der Waals surface area contributed by atoms with E-state index in [1.165, 1.54) is 29.5 Å². The lowest BCUT2D eigenvalue weighted by Crippen LogP contribution is -2.40. The minimum Gasteiger partial charge on any atom is -0.490 e. The Labute approximate surface area is 265 Å². The van der Waals surface area contributed by atoms with E-state index in [-0.39, 0.29) is 11.9 Å². The van der Waals surface area contributed by atoms with Crippen LogP contribution in [0.2, 0.25) is 5.02 Å². The second-order valence-corrected chi connectivity index (χ2v) is 12.7. The van der Waals surface area contributed by atoms with Crippen molar-refractivity contribution in [2.45, 2.75) is 51.7 Å². The average Bonchev–Trinajstić information content (AvgIpc) is 3.62. The number of aromatic nitrogens is 1. The Hall–Kier alpha value is -3.59. The summed E-state index contributed by atoms with van der Waals surface area (Å²) in [6.07, 6.45) is 7.35. The number of aliphatic imine (C=N–C) groups is 1. The van der Waals surface area contributed by atoms with Gasteiger partial charge in [0.25, 0.3) is 5.91 Å². The number of carbonyl (C=O) groups excluding carboxylic acids is 1. The summed E-state index contributed by atoms with van der Waals surface area (Å²) in [6, 6.07) is 23.6. The van der Waals surface area contributed by atoms with Crippen LogP contribution in [0.5, 0.6) is 11.5 Å². The van der Waals surface area contributed by atoms with Gasteiger partial charge in [-0.2, -0.15) is 4.99 Å². The third-order valence-corrected chi connectivity index (χ3v) is 9.37. The maximum absolute atomic E-state index is 13.9. The van der Waals surface area contributed by atoms with Gasteiger partial charge in [-0.25, -0.2) is 4.98 Å². The van der Waals surface area contributed by atoms with E-state index < -0.39 is 0 Å². The average molecular weight is 630 g/mol. The van der Waals surface area contributed by atoms with Crippen molar-refractivity contribution in [2.75, 3.05) is 6.61 Å². The van der Waals surface area contributed by atoms with Gasteiger partial charge in [0, 0.05) is 22.0 Å². The SMILES string of the molecule is CCOc1cc(/C=C2\S/C(=N/c3nc(-c4ccccc4)cs3)N(C3CCCCC3)C2=O)ccc1OCc1ccc(Cl)cc1. The van der Waals surface area contributed by atoms with Gasteiger partial charge >= 0.3 is 0 Å². The number of halogens is 1. The zero-order chi connectivity index (χ0) is 29.6. The molecule has 1 aliphatic carbocycles. The van der Waals surface area contributed by atoms with Crippen LogP contribution in [0.1, 0.15) is 50.2 Å². The third kappa shape index (κ3) is 7.15. The minimum atomic E-state index is -0.00323. The lowest BCUT2D eigenvalue weighted by atomic mass is 9.94. The maximum Gasteiger partial charge on any atom is 0.267 e. The van der Waals surface area contributed by atoms with Crippen LogP contribution in [0.4, 0.5) is 5.13 Å². The molecule has 2 heterocycles. The van der Waals surface area contributed by atoms with Crippen molar-refractivity contribution in [3.8, 4) is 22.8 Å². The van der Waals surface area contributed by atoms with Gasteiger partial charge in [0.15, 0.2) is 16.7 Å². The zero-order valence-electron chi connectivity index (χ0n) is 23.9. The van der Waals surface area contributed by atoms with Crippen LogP contribution in [0, 0.1) is 0 Å². The molecule has 0 bridgehead atoms. The molecule has 6 rings (SSSR count). The van der Waals surface area contributed by atoms with Gasteiger partial charge in [-0.3, -0.25) is 9.69 Å². The monoisotopic (exact) mass is 629 g/mol. The molecule has 0 atom stereocenters. The molecule has 0 unspecified atom stereocenters. The molecule has 1 amide bonds. The molecule has 2 aliphatic rings. The first-order valence-corrected chi connectivity index (χ1v) is 16.6. The molecular formula is C34H32ClN3O3S2. The maximum atomic E-state index is 13.9. The number of ether oxygens (including phenoxy) is 2. The molecule has 43 heavy (non-hydrogen) atoms. The van der Waals surface area contributed by atoms with Gasteiger partial charge in [0.1, 0.15) is 6.61 Å². The molecule has 0 radical (unpaired) electrons. The largest absolute Gasteiger partial charge is 0.490 e. The van der Waals surface area contributed by atoms with Crippen LogP contribution in [0.25, 0.3) is 17.3 Å². The van der Waals surface area contributed by atoms with Gasteiger partial charge < -0.3 is 9.47 Å². The summed E-state index contributed by atoms with van der Waals surface area (Å²) in [5, 5.41) is 4.06. The first-order valence-electron chi connectivity index (χ1n) is 14.5. The number of carbonyl (C=O) groups is 1. The Morgan fingerprint density at radius 2 is 1.79 bits per heavy atom. The predicted molar refractivity (Wildman–Crippen MR) is 177 cm³/mol. The summed E-state index contributed by atoms with van der Waals surface area (Å²) in [6.45, 7) is 2.83. The van der Waals surface area contributed by atoms with E-state index in [9.17, 15) is 4.79 Å². The lowest BCUT2D eigenvalue weighted by molar-refractivity contribution is -0.124. The molecule has 0 N–H and O–H groups in total. The highest BCUT2D eigenvalue weighted by Gasteiger charge is 2.39. The lowest BCUT2D eigenvalue weighted by Gasteiger charge is -2.30. The van der Waals surface area contributed by atoms with Crippen molar-refractivity contribution in [1.29, 1.82) is 0 Å². The molecule has 1 saturated heterocycles. The number of nitrogens with zero attached hydrogens (tertiary/aromatic N) is 3. The van der Waals surface area contributed by atoms with Crippen molar-refractivity contribution >= 4 is 57.0 Å². The van der Waals surface area contributed by atoms with Crippen LogP contribution in [-0.4, -0.2) is 33.6 Å². The number of rotatable bonds is 9. The number of amidine groups is 1. The molecule has 4 aromatic rings. The summed E-state index contributed by atoms with van der Waals surface area (Å²) in [5.74, 6) is 1.28.